The number of aliphatic hydroxyl groups excluding tert-OH is 1. The Bertz CT molecular complexity index is 316. The molecule has 0 aromatic carbocycles. The summed E-state index contributed by atoms with van der Waals surface area (Å²) in [7, 11) is 1.87. The van der Waals surface area contributed by atoms with E-state index in [4.69, 9.17) is 15.3 Å². The van der Waals surface area contributed by atoms with Crippen molar-refractivity contribution in [2.75, 3.05) is 26.7 Å². The average molecular weight is 324 g/mol. The third-order valence-electron chi connectivity index (χ3n) is 2.91. The van der Waals surface area contributed by atoms with Crippen LogP contribution in [-0.2, 0) is 13.8 Å². The molecule has 0 aliphatic carbocycles. The Labute approximate surface area is 129 Å². The molecular formula is C12H24N2O6S. The zero-order valence-corrected chi connectivity index (χ0v) is 13.0. The fourth-order valence-corrected chi connectivity index (χ4v) is 1.85. The zero-order chi connectivity index (χ0) is 16.3. The summed E-state index contributed by atoms with van der Waals surface area (Å²) in [6.07, 6.45) is -0.331. The first-order valence-corrected chi connectivity index (χ1v) is 7.08. The lowest BCUT2D eigenvalue weighted by molar-refractivity contribution is -0.138. The summed E-state index contributed by atoms with van der Waals surface area (Å²) in [6.45, 7) is 1.80. The minimum absolute atomic E-state index is 0.134. The van der Waals surface area contributed by atoms with E-state index < -0.39 is 24.3 Å². The van der Waals surface area contributed by atoms with Gasteiger partial charge in [-0.25, -0.2) is 4.79 Å². The van der Waals surface area contributed by atoms with E-state index in [0.29, 0.717) is 32.5 Å². The number of aliphatic carboxylic acids is 1. The minimum atomic E-state index is -1.29. The van der Waals surface area contributed by atoms with Gasteiger partial charge in [-0.1, -0.05) is 0 Å². The number of carboxylic acids is 1. The molecule has 4 N–H and O–H groups in total. The smallest absolute Gasteiger partial charge is 0.334 e. The van der Waals surface area contributed by atoms with Crippen LogP contribution >= 0.6 is 12.9 Å². The highest BCUT2D eigenvalue weighted by atomic mass is 32.1. The number of rotatable bonds is 12. The highest BCUT2D eigenvalue weighted by molar-refractivity contribution is 7.75. The fraction of sp³-hybridized carbons (Fsp3) is 0.833. The van der Waals surface area contributed by atoms with Crippen LogP contribution in [0, 0.1) is 0 Å². The standard InChI is InChI=1S/C12H24N2O6S/c1-14(7-2-3-10(15)16)8-6-13-9(12(19)20-21)4-5-11(17)18/h9-10,13,15-16,21H,2-8H2,1H3,(H,17,18). The Balaban J connectivity index is 3.95. The second kappa shape index (κ2) is 11.8. The number of hydrogen-bond donors (Lipinski definition) is 5. The van der Waals surface area contributed by atoms with Crippen molar-refractivity contribution < 1.29 is 29.1 Å². The van der Waals surface area contributed by atoms with Crippen LogP contribution in [0.25, 0.3) is 0 Å². The highest BCUT2D eigenvalue weighted by Gasteiger charge is 2.20. The maximum atomic E-state index is 11.4. The predicted octanol–water partition coefficient (Wildman–Crippen LogP) is -0.780. The molecule has 21 heavy (non-hydrogen) atoms. The van der Waals surface area contributed by atoms with Crippen LogP contribution in [0.1, 0.15) is 25.7 Å². The maximum Gasteiger partial charge on any atom is 0.334 e. The summed E-state index contributed by atoms with van der Waals surface area (Å²) < 4.78 is 4.32. The normalized spacial score (nSPS) is 12.7. The first kappa shape index (κ1) is 20.1. The topological polar surface area (TPSA) is 119 Å². The van der Waals surface area contributed by atoms with E-state index in [-0.39, 0.29) is 12.8 Å². The lowest BCUT2D eigenvalue weighted by Crippen LogP contribution is -2.41. The number of carbonyl (C=O) groups excluding carboxylic acids is 1. The molecule has 0 aromatic heterocycles. The first-order chi connectivity index (χ1) is 9.86. The summed E-state index contributed by atoms with van der Waals surface area (Å²) >= 11 is 3.43. The Morgan fingerprint density at radius 3 is 2.48 bits per heavy atom. The molecule has 1 atom stereocenters. The molecule has 0 saturated heterocycles. The molecule has 0 aliphatic rings. The third kappa shape index (κ3) is 11.5. The molecule has 0 fully saturated rings. The van der Waals surface area contributed by atoms with Gasteiger partial charge in [0, 0.05) is 32.4 Å². The van der Waals surface area contributed by atoms with Crippen LogP contribution in [0.3, 0.4) is 0 Å². The van der Waals surface area contributed by atoms with E-state index in [1.165, 1.54) is 0 Å². The van der Waals surface area contributed by atoms with Crippen LogP contribution in [0.15, 0.2) is 0 Å². The van der Waals surface area contributed by atoms with Crippen molar-refractivity contribution in [1.29, 1.82) is 0 Å². The van der Waals surface area contributed by atoms with Crippen LogP contribution in [0.4, 0.5) is 0 Å². The molecule has 0 aliphatic heterocycles. The van der Waals surface area contributed by atoms with Gasteiger partial charge < -0.3 is 29.7 Å². The molecule has 0 bridgehead atoms. The van der Waals surface area contributed by atoms with E-state index in [0.717, 1.165) is 0 Å². The number of nitrogens with one attached hydrogen (secondary N) is 1. The van der Waals surface area contributed by atoms with Crippen molar-refractivity contribution in [3.8, 4) is 0 Å². The van der Waals surface area contributed by atoms with Gasteiger partial charge in [-0.3, -0.25) is 4.79 Å². The zero-order valence-electron chi connectivity index (χ0n) is 12.1. The van der Waals surface area contributed by atoms with Crippen molar-refractivity contribution in [3.05, 3.63) is 0 Å². The van der Waals surface area contributed by atoms with Gasteiger partial charge in [-0.2, -0.15) is 0 Å². The number of carboxylic acid groups (broad SMARTS) is 1. The van der Waals surface area contributed by atoms with Crippen molar-refractivity contribution in [2.45, 2.75) is 38.0 Å². The molecule has 9 heteroatoms. The second-order valence-electron chi connectivity index (χ2n) is 4.78. The lowest BCUT2D eigenvalue weighted by Gasteiger charge is -2.20. The van der Waals surface area contributed by atoms with Gasteiger partial charge in [0.05, 0.1) is 0 Å². The van der Waals surface area contributed by atoms with Crippen molar-refractivity contribution >= 4 is 24.8 Å². The quantitative estimate of drug-likeness (QED) is 0.180. The Hall–Kier alpha value is -0.870. The molecular weight excluding hydrogens is 300 g/mol. The SMILES string of the molecule is CN(CCCC(O)O)CCNC(CCC(=O)O)C(=O)OS. The van der Waals surface area contributed by atoms with Crippen molar-refractivity contribution in [3.63, 3.8) is 0 Å². The Morgan fingerprint density at radius 2 is 1.95 bits per heavy atom. The van der Waals surface area contributed by atoms with E-state index in [1.54, 1.807) is 0 Å². The molecule has 0 radical (unpaired) electrons. The van der Waals surface area contributed by atoms with Crippen LogP contribution < -0.4 is 5.32 Å². The van der Waals surface area contributed by atoms with Gasteiger partial charge in [0.1, 0.15) is 6.04 Å². The summed E-state index contributed by atoms with van der Waals surface area (Å²) in [4.78, 5) is 23.9. The number of aliphatic hydroxyl groups is 2. The molecule has 8 nitrogen and oxygen atoms in total. The molecule has 0 saturated carbocycles. The van der Waals surface area contributed by atoms with Gasteiger partial charge in [-0.15, -0.1) is 0 Å². The Kier molecular flexibility index (Phi) is 11.3. The molecule has 1 unspecified atom stereocenters. The first-order valence-electron chi connectivity index (χ1n) is 6.72. The van der Waals surface area contributed by atoms with Crippen molar-refractivity contribution in [2.24, 2.45) is 0 Å². The summed E-state index contributed by atoms with van der Waals surface area (Å²) in [5.74, 6) is -1.58. The third-order valence-corrected chi connectivity index (χ3v) is 3.09. The van der Waals surface area contributed by atoms with E-state index in [1.807, 2.05) is 11.9 Å². The highest BCUT2D eigenvalue weighted by Crippen LogP contribution is 2.02. The Morgan fingerprint density at radius 1 is 1.29 bits per heavy atom. The van der Waals surface area contributed by atoms with E-state index in [9.17, 15) is 9.59 Å². The maximum absolute atomic E-state index is 11.4. The molecule has 124 valence electrons. The molecule has 0 aromatic rings. The van der Waals surface area contributed by atoms with Gasteiger partial charge in [0.25, 0.3) is 0 Å². The molecule has 0 amide bonds. The molecule has 0 spiro atoms. The number of nitrogens with zero attached hydrogens (tertiary/aromatic N) is 1. The lowest BCUT2D eigenvalue weighted by atomic mass is 10.1. The van der Waals surface area contributed by atoms with Crippen LogP contribution in [0.2, 0.25) is 0 Å². The van der Waals surface area contributed by atoms with Gasteiger partial charge >= 0.3 is 11.9 Å². The average Bonchev–Trinajstić information content (AvgIpc) is 2.41. The summed E-state index contributed by atoms with van der Waals surface area (Å²) in [5.41, 5.74) is 0. The van der Waals surface area contributed by atoms with Crippen LogP contribution in [0.5, 0.6) is 0 Å². The predicted molar refractivity (Wildman–Crippen MR) is 78.7 cm³/mol. The fourth-order valence-electron chi connectivity index (χ4n) is 1.72. The number of likely N-dealkylation sites (N-methyl/N-ethyl adjacent to an activating group) is 1. The van der Waals surface area contributed by atoms with E-state index in [2.05, 4.69) is 22.4 Å². The van der Waals surface area contributed by atoms with Gasteiger partial charge in [-0.05, 0) is 32.9 Å². The second-order valence-corrected chi connectivity index (χ2v) is 4.96. The molecule has 0 heterocycles. The largest absolute Gasteiger partial charge is 0.481 e. The summed E-state index contributed by atoms with van der Waals surface area (Å²) in [6, 6.07) is -0.703. The van der Waals surface area contributed by atoms with Crippen LogP contribution in [-0.4, -0.2) is 71.2 Å². The van der Waals surface area contributed by atoms with Gasteiger partial charge in [0.15, 0.2) is 6.29 Å². The van der Waals surface area contributed by atoms with E-state index >= 15 is 0 Å². The number of thiol groups is 1. The minimum Gasteiger partial charge on any atom is -0.481 e. The van der Waals surface area contributed by atoms with Crippen molar-refractivity contribution in [1.82, 2.24) is 10.2 Å². The van der Waals surface area contributed by atoms with Gasteiger partial charge in [0.2, 0.25) is 0 Å². The number of hydrogen-bond acceptors (Lipinski definition) is 8. The summed E-state index contributed by atoms with van der Waals surface area (Å²) in [5, 5.41) is 29.0. The number of carbonyl (C=O) groups is 2. The molecule has 0 rings (SSSR count). The monoisotopic (exact) mass is 324 g/mol.